The maximum Gasteiger partial charge on any atom is 0.129 e. The van der Waals surface area contributed by atoms with Crippen LogP contribution in [-0.2, 0) is 0 Å². The lowest BCUT2D eigenvalue weighted by atomic mass is 10.0. The topological polar surface area (TPSA) is 37.8 Å². The first-order valence-electron chi connectivity index (χ1n) is 5.33. The molecule has 2 aromatic heterocycles. The molecule has 2 rings (SSSR count). The smallest absolute Gasteiger partial charge is 0.129 e. The fourth-order valence-electron chi connectivity index (χ4n) is 1.57. The Hall–Kier alpha value is -1.42. The van der Waals surface area contributed by atoms with Crippen LogP contribution in [0.4, 0.5) is 5.82 Å². The molecule has 4 heteroatoms. The molecule has 0 radical (unpaired) electrons. The van der Waals surface area contributed by atoms with Crippen LogP contribution in [-0.4, -0.2) is 9.97 Å². The minimum absolute atomic E-state index is 0.315. The van der Waals surface area contributed by atoms with E-state index in [4.69, 9.17) is 0 Å². The normalized spacial score (nSPS) is 12.7. The molecular weight excluding hydrogens is 218 g/mol. The van der Waals surface area contributed by atoms with Crippen LogP contribution >= 0.6 is 11.3 Å². The highest BCUT2D eigenvalue weighted by Crippen LogP contribution is 2.28. The zero-order chi connectivity index (χ0) is 11.4. The van der Waals surface area contributed by atoms with Crippen molar-refractivity contribution in [3.8, 4) is 0 Å². The monoisotopic (exact) mass is 233 g/mol. The molecule has 0 saturated heterocycles. The van der Waals surface area contributed by atoms with Crippen LogP contribution in [0, 0.1) is 5.92 Å². The van der Waals surface area contributed by atoms with Crippen LogP contribution in [0.15, 0.2) is 36.1 Å². The van der Waals surface area contributed by atoms with Gasteiger partial charge in [-0.25, -0.2) is 9.97 Å². The summed E-state index contributed by atoms with van der Waals surface area (Å²) in [6.07, 6.45) is 3.31. The Kier molecular flexibility index (Phi) is 3.51. The lowest BCUT2D eigenvalue weighted by Crippen LogP contribution is -2.16. The van der Waals surface area contributed by atoms with Gasteiger partial charge >= 0.3 is 0 Å². The second-order valence-electron chi connectivity index (χ2n) is 3.98. The van der Waals surface area contributed by atoms with Crippen LogP contribution in [0.2, 0.25) is 0 Å². The molecule has 0 saturated carbocycles. The third kappa shape index (κ3) is 2.58. The van der Waals surface area contributed by atoms with Gasteiger partial charge in [-0.1, -0.05) is 19.9 Å². The van der Waals surface area contributed by atoms with Crippen molar-refractivity contribution in [3.05, 3.63) is 41.0 Å². The standard InChI is InChI=1S/C12H15N3S/c1-9(2)12(10-4-3-7-16-10)15-11-5-6-13-8-14-11/h3-9,12H,1-2H3,(H,13,14,15). The lowest BCUT2D eigenvalue weighted by molar-refractivity contribution is 0.552. The Labute approximate surface area is 99.6 Å². The summed E-state index contributed by atoms with van der Waals surface area (Å²) in [5, 5.41) is 5.54. The van der Waals surface area contributed by atoms with E-state index >= 15 is 0 Å². The van der Waals surface area contributed by atoms with Gasteiger partial charge in [-0.3, -0.25) is 0 Å². The van der Waals surface area contributed by atoms with E-state index in [1.165, 1.54) is 4.88 Å². The van der Waals surface area contributed by atoms with Crippen molar-refractivity contribution in [1.82, 2.24) is 9.97 Å². The molecule has 2 aromatic rings. The van der Waals surface area contributed by atoms with Gasteiger partial charge in [-0.2, -0.15) is 0 Å². The fraction of sp³-hybridized carbons (Fsp3) is 0.333. The molecule has 0 amide bonds. The van der Waals surface area contributed by atoms with E-state index in [2.05, 4.69) is 46.6 Å². The summed E-state index contributed by atoms with van der Waals surface area (Å²) in [5.41, 5.74) is 0. The maximum atomic E-state index is 4.19. The highest BCUT2D eigenvalue weighted by atomic mass is 32.1. The molecule has 0 spiro atoms. The summed E-state index contributed by atoms with van der Waals surface area (Å²) in [6.45, 7) is 4.41. The van der Waals surface area contributed by atoms with Gasteiger partial charge in [0.1, 0.15) is 12.1 Å². The van der Waals surface area contributed by atoms with E-state index in [-0.39, 0.29) is 0 Å². The number of hydrogen-bond donors (Lipinski definition) is 1. The molecule has 3 nitrogen and oxygen atoms in total. The third-order valence-electron chi connectivity index (χ3n) is 2.40. The molecular formula is C12H15N3S. The molecule has 1 N–H and O–H groups in total. The molecule has 0 aromatic carbocycles. The summed E-state index contributed by atoms with van der Waals surface area (Å²) < 4.78 is 0. The average Bonchev–Trinajstić information content (AvgIpc) is 2.80. The Bertz CT molecular complexity index is 411. The van der Waals surface area contributed by atoms with E-state index in [9.17, 15) is 0 Å². The van der Waals surface area contributed by atoms with Gasteiger partial charge in [0, 0.05) is 11.1 Å². The van der Waals surface area contributed by atoms with Gasteiger partial charge in [0.05, 0.1) is 6.04 Å². The number of hydrogen-bond acceptors (Lipinski definition) is 4. The maximum absolute atomic E-state index is 4.19. The molecule has 0 aliphatic heterocycles. The Morgan fingerprint density at radius 2 is 2.19 bits per heavy atom. The largest absolute Gasteiger partial charge is 0.362 e. The van der Waals surface area contributed by atoms with Crippen molar-refractivity contribution in [3.63, 3.8) is 0 Å². The third-order valence-corrected chi connectivity index (χ3v) is 3.36. The average molecular weight is 233 g/mol. The number of nitrogens with one attached hydrogen (secondary N) is 1. The molecule has 0 aliphatic carbocycles. The first-order chi connectivity index (χ1) is 7.77. The first kappa shape index (κ1) is 11.1. The van der Waals surface area contributed by atoms with Crippen LogP contribution in [0.5, 0.6) is 0 Å². The molecule has 0 fully saturated rings. The highest BCUT2D eigenvalue weighted by molar-refractivity contribution is 7.10. The summed E-state index contributed by atoms with van der Waals surface area (Å²) in [6, 6.07) is 6.44. The van der Waals surface area contributed by atoms with Gasteiger partial charge in [-0.15, -0.1) is 11.3 Å². The van der Waals surface area contributed by atoms with Gasteiger partial charge in [0.2, 0.25) is 0 Å². The molecule has 0 bridgehead atoms. The second-order valence-corrected chi connectivity index (χ2v) is 4.96. The number of aromatic nitrogens is 2. The Balaban J connectivity index is 2.16. The minimum atomic E-state index is 0.315. The van der Waals surface area contributed by atoms with Crippen LogP contribution in [0.1, 0.15) is 24.8 Å². The zero-order valence-electron chi connectivity index (χ0n) is 9.42. The molecule has 1 unspecified atom stereocenters. The Morgan fingerprint density at radius 1 is 1.31 bits per heavy atom. The van der Waals surface area contributed by atoms with Crippen molar-refractivity contribution in [2.24, 2.45) is 5.92 Å². The van der Waals surface area contributed by atoms with E-state index in [1.807, 2.05) is 6.07 Å². The van der Waals surface area contributed by atoms with E-state index in [0.29, 0.717) is 12.0 Å². The van der Waals surface area contributed by atoms with Crippen molar-refractivity contribution in [2.75, 3.05) is 5.32 Å². The molecule has 2 heterocycles. The van der Waals surface area contributed by atoms with Gasteiger partial charge < -0.3 is 5.32 Å². The van der Waals surface area contributed by atoms with Crippen molar-refractivity contribution in [2.45, 2.75) is 19.9 Å². The molecule has 1 atom stereocenters. The summed E-state index contributed by atoms with van der Waals surface area (Å²) in [7, 11) is 0. The SMILES string of the molecule is CC(C)C(Nc1ccncn1)c1cccs1. The van der Waals surface area contributed by atoms with Gasteiger partial charge in [-0.05, 0) is 23.4 Å². The second kappa shape index (κ2) is 5.07. The minimum Gasteiger partial charge on any atom is -0.362 e. The predicted octanol–water partition coefficient (Wildman–Crippen LogP) is 3.35. The number of anilines is 1. The fourth-order valence-corrected chi connectivity index (χ4v) is 2.52. The van der Waals surface area contributed by atoms with Gasteiger partial charge in [0.25, 0.3) is 0 Å². The van der Waals surface area contributed by atoms with E-state index in [0.717, 1.165) is 5.82 Å². The summed E-state index contributed by atoms with van der Waals surface area (Å²) >= 11 is 1.77. The lowest BCUT2D eigenvalue weighted by Gasteiger charge is -2.21. The van der Waals surface area contributed by atoms with Crippen molar-refractivity contribution < 1.29 is 0 Å². The Morgan fingerprint density at radius 3 is 2.75 bits per heavy atom. The van der Waals surface area contributed by atoms with Crippen LogP contribution in [0.3, 0.4) is 0 Å². The number of rotatable bonds is 4. The number of thiophene rings is 1. The molecule has 0 aliphatic rings. The van der Waals surface area contributed by atoms with Crippen molar-refractivity contribution >= 4 is 17.2 Å². The first-order valence-corrected chi connectivity index (χ1v) is 6.21. The molecule has 84 valence electrons. The van der Waals surface area contributed by atoms with E-state index < -0.39 is 0 Å². The summed E-state index contributed by atoms with van der Waals surface area (Å²) in [5.74, 6) is 1.40. The van der Waals surface area contributed by atoms with Crippen molar-refractivity contribution in [1.29, 1.82) is 0 Å². The highest BCUT2D eigenvalue weighted by Gasteiger charge is 2.16. The quantitative estimate of drug-likeness (QED) is 0.880. The van der Waals surface area contributed by atoms with Crippen LogP contribution < -0.4 is 5.32 Å². The molecule has 16 heavy (non-hydrogen) atoms. The number of nitrogens with zero attached hydrogens (tertiary/aromatic N) is 2. The predicted molar refractivity (Wildman–Crippen MR) is 67.6 cm³/mol. The summed E-state index contributed by atoms with van der Waals surface area (Å²) in [4.78, 5) is 9.45. The van der Waals surface area contributed by atoms with Crippen LogP contribution in [0.25, 0.3) is 0 Å². The zero-order valence-corrected chi connectivity index (χ0v) is 10.2. The van der Waals surface area contributed by atoms with E-state index in [1.54, 1.807) is 23.9 Å². The van der Waals surface area contributed by atoms with Gasteiger partial charge in [0.15, 0.2) is 0 Å².